The van der Waals surface area contributed by atoms with Crippen molar-refractivity contribution >= 4 is 45.5 Å². The van der Waals surface area contributed by atoms with Crippen LogP contribution in [0.25, 0.3) is 17.2 Å². The highest BCUT2D eigenvalue weighted by Crippen LogP contribution is 2.39. The maximum Gasteiger partial charge on any atom is 0.246 e. The third-order valence-corrected chi connectivity index (χ3v) is 12.1. The Morgan fingerprint density at radius 3 is 2.15 bits per heavy atom. The number of methoxy groups -OCH3 is 3. The maximum absolute atomic E-state index is 14.6. The number of sulfonamides is 1. The van der Waals surface area contributed by atoms with Crippen LogP contribution in [0.15, 0.2) is 53.6 Å². The number of aryl methyl sites for hydroxylation is 1. The lowest BCUT2D eigenvalue weighted by Crippen LogP contribution is -2.40. The van der Waals surface area contributed by atoms with Crippen LogP contribution in [0.4, 0.5) is 5.95 Å². The highest BCUT2D eigenvalue weighted by Gasteiger charge is 2.36. The van der Waals surface area contributed by atoms with E-state index in [4.69, 9.17) is 25.8 Å². The Bertz CT molecular complexity index is 1900. The van der Waals surface area contributed by atoms with Crippen molar-refractivity contribution in [3.8, 4) is 28.7 Å². The van der Waals surface area contributed by atoms with Gasteiger partial charge < -0.3 is 14.2 Å². The van der Waals surface area contributed by atoms with Crippen molar-refractivity contribution in [3.63, 3.8) is 0 Å². The Hall–Kier alpha value is -3.44. The second-order valence-corrected chi connectivity index (χ2v) is 21.9. The number of para-hydroxylation sites is 1. The van der Waals surface area contributed by atoms with Gasteiger partial charge in [-0.1, -0.05) is 43.4 Å². The molecule has 17 heteroatoms. The predicted octanol–water partition coefficient (Wildman–Crippen LogP) is 4.60. The van der Waals surface area contributed by atoms with Gasteiger partial charge in [0.25, 0.3) is 0 Å². The van der Waals surface area contributed by atoms with Gasteiger partial charge in [-0.3, -0.25) is 9.25 Å². The van der Waals surface area contributed by atoms with Crippen molar-refractivity contribution in [1.29, 1.82) is 0 Å². The number of hydrogen-bond acceptors (Lipinski definition) is 10. The summed E-state index contributed by atoms with van der Waals surface area (Å²) in [5.41, 5.74) is 0.984. The van der Waals surface area contributed by atoms with Gasteiger partial charge in [0.1, 0.15) is 22.9 Å². The van der Waals surface area contributed by atoms with Crippen LogP contribution in [0, 0.1) is 0 Å². The zero-order chi connectivity index (χ0) is 34.0. The Morgan fingerprint density at radius 2 is 1.63 bits per heavy atom. The lowest BCUT2D eigenvalue weighted by Gasteiger charge is -2.29. The van der Waals surface area contributed by atoms with Crippen molar-refractivity contribution in [3.05, 3.63) is 59.2 Å². The van der Waals surface area contributed by atoms with Crippen molar-refractivity contribution in [2.45, 2.75) is 36.7 Å². The first-order valence-corrected chi connectivity index (χ1v) is 21.8. The summed E-state index contributed by atoms with van der Waals surface area (Å²) in [5.74, 6) is 0.402. The molecule has 46 heavy (non-hydrogen) atoms. The smallest absolute Gasteiger partial charge is 0.246 e. The van der Waals surface area contributed by atoms with E-state index in [0.717, 1.165) is 6.26 Å². The summed E-state index contributed by atoms with van der Waals surface area (Å²) in [4.78, 5) is -0.116. The van der Waals surface area contributed by atoms with E-state index in [2.05, 4.69) is 34.9 Å². The fourth-order valence-electron chi connectivity index (χ4n) is 4.86. The largest absolute Gasteiger partial charge is 0.494 e. The molecular formula is C29H39ClN6O7S2Si. The zero-order valence-electron chi connectivity index (χ0n) is 27.1. The SMILES string of the molecule is COc1cccc(OC)c1-n1c(-c2ccn(C)n2)nnc1N(CC[Si](C)(C)C)S(=O)(=O)CC(OC)c1ccc(Cl)cc1S(C)(=O)=O. The molecule has 2 aromatic carbocycles. The summed E-state index contributed by atoms with van der Waals surface area (Å²) >= 11 is 6.12. The molecule has 2 aromatic heterocycles. The van der Waals surface area contributed by atoms with Crippen molar-refractivity contribution in [2.24, 2.45) is 7.05 Å². The van der Waals surface area contributed by atoms with Crippen LogP contribution >= 0.6 is 11.6 Å². The average molecular weight is 711 g/mol. The highest BCUT2D eigenvalue weighted by molar-refractivity contribution is 7.92. The fourth-order valence-corrected chi connectivity index (χ4v) is 8.73. The summed E-state index contributed by atoms with van der Waals surface area (Å²) in [6, 6.07) is 11.8. The van der Waals surface area contributed by atoms with Crippen LogP contribution < -0.4 is 13.8 Å². The molecule has 0 aliphatic carbocycles. The number of sulfone groups is 1. The van der Waals surface area contributed by atoms with Gasteiger partial charge in [-0.2, -0.15) is 5.10 Å². The first kappa shape index (κ1) is 35.4. The monoisotopic (exact) mass is 710 g/mol. The average Bonchev–Trinajstić information content (AvgIpc) is 3.60. The van der Waals surface area contributed by atoms with Gasteiger partial charge in [-0.25, -0.2) is 21.1 Å². The second-order valence-electron chi connectivity index (χ2n) is 11.9. The minimum Gasteiger partial charge on any atom is -0.494 e. The summed E-state index contributed by atoms with van der Waals surface area (Å²) in [5, 5.41) is 13.6. The molecule has 1 unspecified atom stereocenters. The number of aromatic nitrogens is 5. The van der Waals surface area contributed by atoms with Gasteiger partial charge in [0.15, 0.2) is 15.7 Å². The second kappa shape index (κ2) is 13.7. The molecule has 0 N–H and O–H groups in total. The fraction of sp³-hybridized carbons (Fsp3) is 0.414. The topological polar surface area (TPSA) is 148 Å². The van der Waals surface area contributed by atoms with E-state index >= 15 is 0 Å². The Balaban J connectivity index is 1.97. The summed E-state index contributed by atoms with van der Waals surface area (Å²) < 4.78 is 76.0. The maximum atomic E-state index is 14.6. The Kier molecular flexibility index (Phi) is 10.6. The first-order valence-electron chi connectivity index (χ1n) is 14.2. The third kappa shape index (κ3) is 7.74. The number of benzene rings is 2. The van der Waals surface area contributed by atoms with Crippen LogP contribution in [-0.4, -0.2) is 89.3 Å². The number of anilines is 1. The van der Waals surface area contributed by atoms with Gasteiger partial charge in [0.2, 0.25) is 16.0 Å². The van der Waals surface area contributed by atoms with Gasteiger partial charge in [-0.15, -0.1) is 10.2 Å². The van der Waals surface area contributed by atoms with Crippen molar-refractivity contribution in [1.82, 2.24) is 24.5 Å². The van der Waals surface area contributed by atoms with Crippen LogP contribution in [0.3, 0.4) is 0 Å². The predicted molar refractivity (Wildman–Crippen MR) is 180 cm³/mol. The molecule has 0 aliphatic rings. The number of rotatable bonds is 14. The molecule has 0 bridgehead atoms. The molecule has 0 saturated carbocycles. The van der Waals surface area contributed by atoms with E-state index in [9.17, 15) is 16.8 Å². The Morgan fingerprint density at radius 1 is 0.978 bits per heavy atom. The molecule has 13 nitrogen and oxygen atoms in total. The minimum absolute atomic E-state index is 0.0176. The van der Waals surface area contributed by atoms with Gasteiger partial charge >= 0.3 is 0 Å². The van der Waals surface area contributed by atoms with E-state index < -0.39 is 39.8 Å². The highest BCUT2D eigenvalue weighted by atomic mass is 35.5. The van der Waals surface area contributed by atoms with Gasteiger partial charge in [-0.05, 0) is 36.4 Å². The van der Waals surface area contributed by atoms with Crippen LogP contribution in [0.1, 0.15) is 11.7 Å². The first-order chi connectivity index (χ1) is 21.5. The number of hydrogen-bond donors (Lipinski definition) is 0. The van der Waals surface area contributed by atoms with E-state index in [1.54, 1.807) is 46.8 Å². The van der Waals surface area contributed by atoms with Crippen molar-refractivity contribution < 1.29 is 31.0 Å². The molecule has 4 rings (SSSR count). The van der Waals surface area contributed by atoms with Crippen LogP contribution in [0.5, 0.6) is 11.5 Å². The summed E-state index contributed by atoms with van der Waals surface area (Å²) in [7, 11) is -3.82. The Labute approximate surface area is 276 Å². The molecule has 250 valence electrons. The summed E-state index contributed by atoms with van der Waals surface area (Å²) in [6.45, 7) is 6.48. The molecule has 1 atom stereocenters. The molecule has 0 saturated heterocycles. The zero-order valence-corrected chi connectivity index (χ0v) is 30.4. The van der Waals surface area contributed by atoms with Gasteiger partial charge in [0, 0.05) is 51.8 Å². The molecule has 4 aromatic rings. The van der Waals surface area contributed by atoms with Crippen LogP contribution in [-0.2, 0) is 31.6 Å². The standard InChI is InChI=1S/C29H39ClN6O7S2Si/c1-34-15-14-22(33-34)28-31-32-29(36(28)27-23(41-2)10-9-11-24(27)42-3)35(16-17-46(6,7)8)45(39,40)19-25(43-4)21-13-12-20(30)18-26(21)44(5,37)38/h9-15,18,25H,16-17,19H2,1-8H3. The molecular weight excluding hydrogens is 672 g/mol. The lowest BCUT2D eigenvalue weighted by molar-refractivity contribution is 0.119. The number of ether oxygens (including phenoxy) is 3. The van der Waals surface area contributed by atoms with E-state index in [1.807, 2.05) is 0 Å². The molecule has 0 fully saturated rings. The van der Waals surface area contributed by atoms with E-state index in [0.29, 0.717) is 28.9 Å². The molecule has 0 amide bonds. The normalized spacial score (nSPS) is 13.1. The van der Waals surface area contributed by atoms with Gasteiger partial charge in [0.05, 0.1) is 31.0 Å². The van der Waals surface area contributed by atoms with Crippen LogP contribution in [0.2, 0.25) is 30.7 Å². The third-order valence-electron chi connectivity index (χ3n) is 7.21. The molecule has 0 spiro atoms. The number of halogens is 1. The number of nitrogens with zero attached hydrogens (tertiary/aromatic N) is 6. The van der Waals surface area contributed by atoms with Crippen molar-refractivity contribution in [2.75, 3.05) is 44.2 Å². The molecule has 0 aliphatic heterocycles. The molecule has 0 radical (unpaired) electrons. The minimum atomic E-state index is -4.29. The lowest BCUT2D eigenvalue weighted by atomic mass is 10.1. The summed E-state index contributed by atoms with van der Waals surface area (Å²) in [6.07, 6.45) is 1.61. The van der Waals surface area contributed by atoms with E-state index in [-0.39, 0.29) is 33.8 Å². The van der Waals surface area contributed by atoms with E-state index in [1.165, 1.54) is 43.8 Å². The quantitative estimate of drug-likeness (QED) is 0.170. The molecule has 2 heterocycles.